The number of carboxylic acid groups (broad SMARTS) is 1. The van der Waals surface area contributed by atoms with Gasteiger partial charge in [-0.05, 0) is 25.2 Å². The molecule has 1 aliphatic rings. The number of hydrogen-bond acceptors (Lipinski definition) is 1. The zero-order valence-electron chi connectivity index (χ0n) is 9.38. The summed E-state index contributed by atoms with van der Waals surface area (Å²) in [5.41, 5.74) is -0.366. The summed E-state index contributed by atoms with van der Waals surface area (Å²) in [6.07, 6.45) is 7.21. The van der Waals surface area contributed by atoms with Crippen molar-refractivity contribution in [1.29, 1.82) is 0 Å². The molecule has 1 unspecified atom stereocenters. The second-order valence-corrected chi connectivity index (χ2v) is 4.89. The lowest BCUT2D eigenvalue weighted by molar-refractivity contribution is -0.149. The Labute approximate surface area is 86.7 Å². The van der Waals surface area contributed by atoms with Crippen LogP contribution in [0.2, 0.25) is 0 Å². The van der Waals surface area contributed by atoms with Gasteiger partial charge in [0.2, 0.25) is 0 Å². The van der Waals surface area contributed by atoms with Crippen LogP contribution < -0.4 is 0 Å². The second kappa shape index (κ2) is 4.81. The highest BCUT2D eigenvalue weighted by molar-refractivity contribution is 5.74. The van der Waals surface area contributed by atoms with Gasteiger partial charge in [0, 0.05) is 0 Å². The highest BCUT2D eigenvalue weighted by Gasteiger charge is 2.41. The van der Waals surface area contributed by atoms with E-state index in [-0.39, 0.29) is 5.41 Å². The van der Waals surface area contributed by atoms with Crippen LogP contribution in [-0.2, 0) is 4.79 Å². The van der Waals surface area contributed by atoms with Gasteiger partial charge < -0.3 is 5.11 Å². The van der Waals surface area contributed by atoms with Gasteiger partial charge in [-0.25, -0.2) is 0 Å². The summed E-state index contributed by atoms with van der Waals surface area (Å²) >= 11 is 0. The molecule has 1 fully saturated rings. The fourth-order valence-corrected chi connectivity index (χ4v) is 2.82. The monoisotopic (exact) mass is 198 g/mol. The third-order valence-electron chi connectivity index (χ3n) is 3.54. The van der Waals surface area contributed by atoms with Gasteiger partial charge in [0.25, 0.3) is 0 Å². The highest BCUT2D eigenvalue weighted by atomic mass is 16.4. The predicted molar refractivity (Wildman–Crippen MR) is 57.2 cm³/mol. The summed E-state index contributed by atoms with van der Waals surface area (Å²) in [4.78, 5) is 11.3. The van der Waals surface area contributed by atoms with Gasteiger partial charge in [0.15, 0.2) is 0 Å². The van der Waals surface area contributed by atoms with Crippen molar-refractivity contribution in [2.45, 2.75) is 58.8 Å². The van der Waals surface area contributed by atoms with Crippen molar-refractivity contribution in [2.75, 3.05) is 0 Å². The SMILES string of the molecule is CCCC(C)CC1(C(=O)O)CCCC1. The zero-order chi connectivity index (χ0) is 10.6. The molecule has 2 heteroatoms. The largest absolute Gasteiger partial charge is 0.481 e. The minimum Gasteiger partial charge on any atom is -0.481 e. The second-order valence-electron chi connectivity index (χ2n) is 4.89. The van der Waals surface area contributed by atoms with Crippen LogP contribution in [0, 0.1) is 11.3 Å². The molecule has 1 rings (SSSR count). The van der Waals surface area contributed by atoms with E-state index in [9.17, 15) is 9.90 Å². The first-order valence-corrected chi connectivity index (χ1v) is 5.84. The van der Waals surface area contributed by atoms with Gasteiger partial charge in [-0.15, -0.1) is 0 Å². The Balaban J connectivity index is 2.55. The molecule has 1 atom stereocenters. The number of aliphatic carboxylic acids is 1. The lowest BCUT2D eigenvalue weighted by Crippen LogP contribution is -2.29. The Kier molecular flexibility index (Phi) is 3.97. The maximum atomic E-state index is 11.3. The van der Waals surface area contributed by atoms with Gasteiger partial charge in [0.1, 0.15) is 0 Å². The van der Waals surface area contributed by atoms with Crippen LogP contribution in [0.15, 0.2) is 0 Å². The molecule has 1 N–H and O–H groups in total. The van der Waals surface area contributed by atoms with Crippen molar-refractivity contribution in [3.63, 3.8) is 0 Å². The molecule has 0 spiro atoms. The molecule has 0 aromatic heterocycles. The van der Waals surface area contributed by atoms with E-state index >= 15 is 0 Å². The smallest absolute Gasteiger partial charge is 0.309 e. The van der Waals surface area contributed by atoms with Crippen LogP contribution in [0.25, 0.3) is 0 Å². The standard InChI is InChI=1S/C12H22O2/c1-3-6-10(2)9-12(11(13)14)7-4-5-8-12/h10H,3-9H2,1-2H3,(H,13,14). The first-order chi connectivity index (χ1) is 6.60. The third-order valence-corrected chi connectivity index (χ3v) is 3.54. The Morgan fingerprint density at radius 2 is 2.00 bits per heavy atom. The zero-order valence-corrected chi connectivity index (χ0v) is 9.38. The van der Waals surface area contributed by atoms with Crippen LogP contribution in [0.1, 0.15) is 58.8 Å². The molecule has 0 aromatic rings. The molecule has 0 heterocycles. The van der Waals surface area contributed by atoms with E-state index in [1.165, 1.54) is 0 Å². The molecule has 0 radical (unpaired) electrons. The normalized spacial score (nSPS) is 22.1. The van der Waals surface area contributed by atoms with Crippen LogP contribution in [0.5, 0.6) is 0 Å². The summed E-state index contributed by atoms with van der Waals surface area (Å²) in [5, 5.41) is 9.28. The van der Waals surface area contributed by atoms with Crippen molar-refractivity contribution >= 4 is 5.97 Å². The molecule has 2 nitrogen and oxygen atoms in total. The first-order valence-electron chi connectivity index (χ1n) is 5.84. The third kappa shape index (κ3) is 2.49. The fraction of sp³-hybridized carbons (Fsp3) is 0.917. The van der Waals surface area contributed by atoms with Crippen molar-refractivity contribution < 1.29 is 9.90 Å². The van der Waals surface area contributed by atoms with Gasteiger partial charge in [0.05, 0.1) is 5.41 Å². The van der Waals surface area contributed by atoms with E-state index in [1.807, 2.05) is 0 Å². The Morgan fingerprint density at radius 1 is 1.43 bits per heavy atom. The number of carbonyl (C=O) groups is 1. The first kappa shape index (κ1) is 11.5. The average Bonchev–Trinajstić information content (AvgIpc) is 2.54. The Morgan fingerprint density at radius 3 is 2.43 bits per heavy atom. The van der Waals surface area contributed by atoms with Crippen LogP contribution >= 0.6 is 0 Å². The number of rotatable bonds is 5. The van der Waals surface area contributed by atoms with Crippen molar-refractivity contribution in [2.24, 2.45) is 11.3 Å². The molecule has 82 valence electrons. The highest BCUT2D eigenvalue weighted by Crippen LogP contribution is 2.44. The minimum atomic E-state index is -0.557. The van der Waals surface area contributed by atoms with Gasteiger partial charge in [-0.2, -0.15) is 0 Å². The molecule has 14 heavy (non-hydrogen) atoms. The summed E-state index contributed by atoms with van der Waals surface area (Å²) in [6, 6.07) is 0. The Hall–Kier alpha value is -0.530. The summed E-state index contributed by atoms with van der Waals surface area (Å²) < 4.78 is 0. The fourth-order valence-electron chi connectivity index (χ4n) is 2.82. The van der Waals surface area contributed by atoms with E-state index in [2.05, 4.69) is 13.8 Å². The van der Waals surface area contributed by atoms with E-state index < -0.39 is 5.97 Å². The van der Waals surface area contributed by atoms with Gasteiger partial charge in [-0.1, -0.05) is 39.5 Å². The van der Waals surface area contributed by atoms with Crippen molar-refractivity contribution in [3.8, 4) is 0 Å². The lowest BCUT2D eigenvalue weighted by atomic mass is 9.77. The summed E-state index contributed by atoms with van der Waals surface area (Å²) in [5.74, 6) is 0.00662. The van der Waals surface area contributed by atoms with Crippen LogP contribution in [-0.4, -0.2) is 11.1 Å². The van der Waals surface area contributed by atoms with Gasteiger partial charge in [-0.3, -0.25) is 4.79 Å². The summed E-state index contributed by atoms with van der Waals surface area (Å²) in [6.45, 7) is 4.35. The molecular formula is C12H22O2. The molecule has 0 amide bonds. The van der Waals surface area contributed by atoms with E-state index in [0.717, 1.165) is 44.9 Å². The van der Waals surface area contributed by atoms with Gasteiger partial charge >= 0.3 is 5.97 Å². The predicted octanol–water partition coefficient (Wildman–Crippen LogP) is 3.46. The topological polar surface area (TPSA) is 37.3 Å². The van der Waals surface area contributed by atoms with Crippen LogP contribution in [0.3, 0.4) is 0 Å². The molecule has 0 bridgehead atoms. The van der Waals surface area contributed by atoms with E-state index in [1.54, 1.807) is 0 Å². The molecule has 0 saturated heterocycles. The number of hydrogen-bond donors (Lipinski definition) is 1. The number of carboxylic acids is 1. The Bertz CT molecular complexity index is 192. The quantitative estimate of drug-likeness (QED) is 0.734. The van der Waals surface area contributed by atoms with E-state index in [0.29, 0.717) is 5.92 Å². The molecule has 1 aliphatic carbocycles. The molecule has 1 saturated carbocycles. The lowest BCUT2D eigenvalue weighted by Gasteiger charge is -2.27. The van der Waals surface area contributed by atoms with Crippen molar-refractivity contribution in [1.82, 2.24) is 0 Å². The molecular weight excluding hydrogens is 176 g/mol. The van der Waals surface area contributed by atoms with E-state index in [4.69, 9.17) is 0 Å². The van der Waals surface area contributed by atoms with Crippen LogP contribution in [0.4, 0.5) is 0 Å². The summed E-state index contributed by atoms with van der Waals surface area (Å²) in [7, 11) is 0. The minimum absolute atomic E-state index is 0.366. The average molecular weight is 198 g/mol. The van der Waals surface area contributed by atoms with Crippen molar-refractivity contribution in [3.05, 3.63) is 0 Å². The maximum absolute atomic E-state index is 11.3. The molecule has 0 aromatic carbocycles. The molecule has 0 aliphatic heterocycles. The maximum Gasteiger partial charge on any atom is 0.309 e.